The zero-order valence-corrected chi connectivity index (χ0v) is 14.0. The van der Waals surface area contributed by atoms with Crippen LogP contribution in [0.4, 0.5) is 5.82 Å². The Labute approximate surface area is 147 Å². The van der Waals surface area contributed by atoms with Crippen LogP contribution >= 0.6 is 0 Å². The molecule has 2 N–H and O–H groups in total. The summed E-state index contributed by atoms with van der Waals surface area (Å²) < 4.78 is 0. The first kappa shape index (κ1) is 15.6. The van der Waals surface area contributed by atoms with Crippen LogP contribution in [0.25, 0.3) is 23.4 Å². The number of piperazine rings is 1. The number of hydrogen-bond acceptors (Lipinski definition) is 4. The molecule has 1 aliphatic heterocycles. The van der Waals surface area contributed by atoms with Gasteiger partial charge in [-0.25, -0.2) is 0 Å². The van der Waals surface area contributed by atoms with Crippen LogP contribution in [-0.2, 0) is 0 Å². The van der Waals surface area contributed by atoms with Gasteiger partial charge in [-0.05, 0) is 42.0 Å². The van der Waals surface area contributed by atoms with Crippen LogP contribution in [-0.4, -0.2) is 41.1 Å². The predicted molar refractivity (Wildman–Crippen MR) is 102 cm³/mol. The van der Waals surface area contributed by atoms with Crippen LogP contribution in [0.2, 0.25) is 0 Å². The quantitative estimate of drug-likeness (QED) is 0.771. The average molecular weight is 331 g/mol. The molecule has 5 nitrogen and oxygen atoms in total. The molecule has 0 unspecified atom stereocenters. The van der Waals surface area contributed by atoms with E-state index in [0.717, 1.165) is 48.7 Å². The first-order valence-electron chi connectivity index (χ1n) is 8.58. The molecule has 0 aromatic carbocycles. The number of hydrogen-bond donors (Lipinski definition) is 2. The van der Waals surface area contributed by atoms with E-state index in [2.05, 4.69) is 43.4 Å². The molecule has 0 radical (unpaired) electrons. The van der Waals surface area contributed by atoms with E-state index in [-0.39, 0.29) is 0 Å². The van der Waals surface area contributed by atoms with Crippen molar-refractivity contribution in [2.24, 2.45) is 0 Å². The predicted octanol–water partition coefficient (Wildman–Crippen LogP) is 3.05. The maximum Gasteiger partial charge on any atom is 0.106 e. The molecule has 0 amide bonds. The third-order valence-electron chi connectivity index (χ3n) is 4.35. The fourth-order valence-electron chi connectivity index (χ4n) is 3.01. The second kappa shape index (κ2) is 7.32. The number of aromatic amines is 1. The summed E-state index contributed by atoms with van der Waals surface area (Å²) in [6.45, 7) is 4.14. The van der Waals surface area contributed by atoms with E-state index in [1.54, 1.807) is 6.20 Å². The van der Waals surface area contributed by atoms with Crippen molar-refractivity contribution in [3.05, 3.63) is 66.2 Å². The lowest BCUT2D eigenvalue weighted by atomic mass is 10.1. The van der Waals surface area contributed by atoms with Crippen molar-refractivity contribution in [1.29, 1.82) is 0 Å². The number of nitrogens with one attached hydrogen (secondary N) is 2. The fourth-order valence-corrected chi connectivity index (χ4v) is 3.01. The molecule has 126 valence electrons. The van der Waals surface area contributed by atoms with Gasteiger partial charge < -0.3 is 15.2 Å². The van der Waals surface area contributed by atoms with Gasteiger partial charge in [0.2, 0.25) is 0 Å². The zero-order valence-electron chi connectivity index (χ0n) is 14.0. The Balaban J connectivity index is 1.53. The van der Waals surface area contributed by atoms with E-state index in [1.807, 2.05) is 42.7 Å². The Kier molecular flexibility index (Phi) is 4.57. The van der Waals surface area contributed by atoms with Crippen LogP contribution < -0.4 is 10.2 Å². The van der Waals surface area contributed by atoms with Crippen LogP contribution in [0.3, 0.4) is 0 Å². The van der Waals surface area contributed by atoms with E-state index in [1.165, 1.54) is 5.82 Å². The molecule has 0 aliphatic carbocycles. The highest BCUT2D eigenvalue weighted by molar-refractivity contribution is 5.71. The first-order valence-corrected chi connectivity index (χ1v) is 8.58. The third-order valence-corrected chi connectivity index (χ3v) is 4.35. The van der Waals surface area contributed by atoms with Gasteiger partial charge >= 0.3 is 0 Å². The zero-order chi connectivity index (χ0) is 16.9. The van der Waals surface area contributed by atoms with Gasteiger partial charge in [0.25, 0.3) is 0 Å². The molecule has 0 spiro atoms. The van der Waals surface area contributed by atoms with Gasteiger partial charge in [-0.1, -0.05) is 12.1 Å². The summed E-state index contributed by atoms with van der Waals surface area (Å²) in [5.41, 5.74) is 4.25. The number of H-pyrrole nitrogens is 1. The van der Waals surface area contributed by atoms with Crippen LogP contribution in [0.5, 0.6) is 0 Å². The largest absolute Gasteiger partial charge is 0.356 e. The highest BCUT2D eigenvalue weighted by Gasteiger charge is 2.12. The summed E-state index contributed by atoms with van der Waals surface area (Å²) in [5, 5.41) is 3.38. The molecule has 3 aromatic heterocycles. The summed E-state index contributed by atoms with van der Waals surface area (Å²) >= 11 is 0. The minimum Gasteiger partial charge on any atom is -0.356 e. The van der Waals surface area contributed by atoms with Crippen molar-refractivity contribution in [2.75, 3.05) is 31.1 Å². The average Bonchev–Trinajstić information content (AvgIpc) is 3.18. The van der Waals surface area contributed by atoms with Crippen molar-refractivity contribution in [1.82, 2.24) is 20.3 Å². The molecule has 5 heteroatoms. The molecular formula is C20H21N5. The lowest BCUT2D eigenvalue weighted by Crippen LogP contribution is -2.43. The molecule has 3 aromatic rings. The molecule has 1 saturated heterocycles. The summed E-state index contributed by atoms with van der Waals surface area (Å²) in [5.74, 6) is 1.18. The Morgan fingerprint density at radius 2 is 1.92 bits per heavy atom. The summed E-state index contributed by atoms with van der Waals surface area (Å²) in [4.78, 5) is 14.5. The van der Waals surface area contributed by atoms with Crippen molar-refractivity contribution in [3.8, 4) is 11.3 Å². The normalized spacial score (nSPS) is 15.0. The summed E-state index contributed by atoms with van der Waals surface area (Å²) in [7, 11) is 0. The lowest BCUT2D eigenvalue weighted by molar-refractivity contribution is 0.586. The number of aromatic nitrogens is 3. The SMILES string of the molecule is C(=C\c1cc(-c2ccc(N3CCNCC3)[nH]2)ccn1)/c1cccnc1. The maximum absolute atomic E-state index is 4.44. The standard InChI is InChI=1S/C20H21N5/c1-2-16(15-22-8-1)3-4-18-14-17(7-9-23-18)19-5-6-20(24-19)25-12-10-21-11-13-25/h1-9,14-15,21,24H,10-13H2/b4-3+. The second-order valence-corrected chi connectivity index (χ2v) is 6.08. The Morgan fingerprint density at radius 1 is 1.00 bits per heavy atom. The molecule has 1 aliphatic rings. The van der Waals surface area contributed by atoms with E-state index >= 15 is 0 Å². The van der Waals surface area contributed by atoms with E-state index in [0.29, 0.717) is 0 Å². The van der Waals surface area contributed by atoms with Crippen molar-refractivity contribution in [3.63, 3.8) is 0 Å². The minimum atomic E-state index is 0.930. The van der Waals surface area contributed by atoms with Gasteiger partial charge in [0.15, 0.2) is 0 Å². The van der Waals surface area contributed by atoms with Gasteiger partial charge in [0.05, 0.1) is 5.69 Å². The Morgan fingerprint density at radius 3 is 2.76 bits per heavy atom. The number of anilines is 1. The highest BCUT2D eigenvalue weighted by atomic mass is 15.2. The van der Waals surface area contributed by atoms with Gasteiger partial charge in [-0.3, -0.25) is 9.97 Å². The molecular weight excluding hydrogens is 310 g/mol. The molecule has 4 rings (SSSR count). The Bertz CT molecular complexity index is 847. The van der Waals surface area contributed by atoms with E-state index in [4.69, 9.17) is 0 Å². The molecule has 0 bridgehead atoms. The minimum absolute atomic E-state index is 0.930. The monoisotopic (exact) mass is 331 g/mol. The van der Waals surface area contributed by atoms with E-state index in [9.17, 15) is 0 Å². The molecule has 25 heavy (non-hydrogen) atoms. The summed E-state index contributed by atoms with van der Waals surface area (Å²) in [6.07, 6.45) is 9.51. The topological polar surface area (TPSA) is 56.8 Å². The molecule has 0 atom stereocenters. The van der Waals surface area contributed by atoms with E-state index < -0.39 is 0 Å². The fraction of sp³-hybridized carbons (Fsp3) is 0.200. The molecule has 1 fully saturated rings. The van der Waals surface area contributed by atoms with Crippen molar-refractivity contribution in [2.45, 2.75) is 0 Å². The van der Waals surface area contributed by atoms with Crippen molar-refractivity contribution < 1.29 is 0 Å². The molecule has 0 saturated carbocycles. The number of pyridine rings is 2. The number of nitrogens with zero attached hydrogens (tertiary/aromatic N) is 3. The smallest absolute Gasteiger partial charge is 0.106 e. The summed E-state index contributed by atoms with van der Waals surface area (Å²) in [6, 6.07) is 12.4. The Hall–Kier alpha value is -2.92. The highest BCUT2D eigenvalue weighted by Crippen LogP contribution is 2.23. The van der Waals surface area contributed by atoms with Crippen LogP contribution in [0, 0.1) is 0 Å². The van der Waals surface area contributed by atoms with Gasteiger partial charge in [-0.2, -0.15) is 0 Å². The maximum atomic E-state index is 4.44. The molecule has 4 heterocycles. The number of rotatable bonds is 4. The van der Waals surface area contributed by atoms with Gasteiger partial charge in [-0.15, -0.1) is 0 Å². The third kappa shape index (κ3) is 3.78. The van der Waals surface area contributed by atoms with Crippen LogP contribution in [0.1, 0.15) is 11.3 Å². The van der Waals surface area contributed by atoms with Crippen molar-refractivity contribution >= 4 is 18.0 Å². The lowest BCUT2D eigenvalue weighted by Gasteiger charge is -2.28. The second-order valence-electron chi connectivity index (χ2n) is 6.08. The van der Waals surface area contributed by atoms with Gasteiger partial charge in [0.1, 0.15) is 5.82 Å². The first-order chi connectivity index (χ1) is 12.4. The van der Waals surface area contributed by atoms with Gasteiger partial charge in [0, 0.05) is 56.0 Å². The van der Waals surface area contributed by atoms with Crippen LogP contribution in [0.15, 0.2) is 55.0 Å².